The Morgan fingerprint density at radius 1 is 1.08 bits per heavy atom. The third-order valence-electron chi connectivity index (χ3n) is 6.41. The molecular formula is C28H33BrF2NO5PS. The van der Waals surface area contributed by atoms with Gasteiger partial charge < -0.3 is 14.5 Å². The van der Waals surface area contributed by atoms with Crippen LogP contribution in [0.3, 0.4) is 0 Å². The zero-order chi connectivity index (χ0) is 29.6. The van der Waals surface area contributed by atoms with E-state index in [0.29, 0.717) is 33.1 Å². The molecule has 212 valence electrons. The van der Waals surface area contributed by atoms with Gasteiger partial charge in [-0.05, 0) is 55.9 Å². The minimum atomic E-state index is -5.85. The zero-order valence-electron chi connectivity index (χ0n) is 22.9. The van der Waals surface area contributed by atoms with Crippen LogP contribution < -0.4 is 4.74 Å². The van der Waals surface area contributed by atoms with Crippen molar-refractivity contribution in [3.05, 3.63) is 79.1 Å². The first-order valence-corrected chi connectivity index (χ1v) is 15.5. The summed E-state index contributed by atoms with van der Waals surface area (Å²) in [5, 5.41) is 2.22. The van der Waals surface area contributed by atoms with Crippen LogP contribution in [0.25, 0.3) is 0 Å². The summed E-state index contributed by atoms with van der Waals surface area (Å²) in [6.45, 7) is 11.0. The van der Waals surface area contributed by atoms with Crippen molar-refractivity contribution in [2.24, 2.45) is 0 Å². The van der Waals surface area contributed by atoms with Crippen LogP contribution in [0.4, 0.5) is 8.78 Å². The zero-order valence-corrected chi connectivity index (χ0v) is 26.2. The van der Waals surface area contributed by atoms with Crippen LogP contribution in [-0.2, 0) is 27.5 Å². The van der Waals surface area contributed by atoms with Gasteiger partial charge in [-0.1, -0.05) is 71.9 Å². The van der Waals surface area contributed by atoms with Crippen LogP contribution in [-0.4, -0.2) is 27.7 Å². The molecule has 0 bridgehead atoms. The molecule has 1 unspecified atom stereocenters. The average Bonchev–Trinajstić information content (AvgIpc) is 3.29. The van der Waals surface area contributed by atoms with Gasteiger partial charge in [0, 0.05) is 15.6 Å². The molecule has 6 nitrogen and oxygen atoms in total. The van der Waals surface area contributed by atoms with E-state index in [4.69, 9.17) is 4.74 Å². The van der Waals surface area contributed by atoms with E-state index in [2.05, 4.69) is 20.9 Å². The van der Waals surface area contributed by atoms with E-state index in [0.717, 1.165) is 0 Å². The van der Waals surface area contributed by atoms with Crippen molar-refractivity contribution >= 4 is 40.6 Å². The highest BCUT2D eigenvalue weighted by molar-refractivity contribution is 9.10. The fourth-order valence-electron chi connectivity index (χ4n) is 4.56. The first-order valence-electron chi connectivity index (χ1n) is 12.2. The maximum Gasteiger partial charge on any atom is 0.399 e. The van der Waals surface area contributed by atoms with E-state index in [-0.39, 0.29) is 16.7 Å². The molecule has 0 spiro atoms. The highest BCUT2D eigenvalue weighted by atomic mass is 79.9. The number of hydrogen-bond donors (Lipinski definition) is 2. The number of carbonyl (C=O) groups excluding carboxylic acids is 1. The fourth-order valence-corrected chi connectivity index (χ4v) is 7.27. The molecule has 0 saturated heterocycles. The molecule has 3 aromatic rings. The van der Waals surface area contributed by atoms with Crippen molar-refractivity contribution in [3.63, 3.8) is 0 Å². The summed E-state index contributed by atoms with van der Waals surface area (Å²) >= 11 is 4.57. The lowest BCUT2D eigenvalue weighted by Crippen LogP contribution is -2.28. The predicted octanol–water partition coefficient (Wildman–Crippen LogP) is 7.95. The Bertz CT molecular complexity index is 1410. The van der Waals surface area contributed by atoms with Gasteiger partial charge >= 0.3 is 13.3 Å². The first kappa shape index (κ1) is 31.6. The summed E-state index contributed by atoms with van der Waals surface area (Å²) in [4.78, 5) is 37.6. The summed E-state index contributed by atoms with van der Waals surface area (Å²) in [6.07, 6.45) is 0.129. The van der Waals surface area contributed by atoms with E-state index in [1.165, 1.54) is 24.5 Å². The SMILES string of the molecule is COc1csc(C(Cc2c(C(C)(C)C)cc(C(F)(F)P(=O)(O)O)c(Br)c2C(C)(C)C)C(=O)c2ccccc2)n1. The number of halogens is 3. The normalized spacial score (nSPS) is 13.8. The molecule has 1 heterocycles. The number of aromatic nitrogens is 1. The molecule has 39 heavy (non-hydrogen) atoms. The van der Waals surface area contributed by atoms with Gasteiger partial charge in [0.1, 0.15) is 5.01 Å². The number of thiazole rings is 1. The molecule has 11 heteroatoms. The lowest BCUT2D eigenvalue weighted by atomic mass is 9.72. The number of hydrogen-bond acceptors (Lipinski definition) is 5. The second-order valence-electron chi connectivity index (χ2n) is 11.4. The van der Waals surface area contributed by atoms with Crippen molar-refractivity contribution < 1.29 is 32.7 Å². The fraction of sp³-hybridized carbons (Fsp3) is 0.429. The Kier molecular flexibility index (Phi) is 9.00. The minimum Gasteiger partial charge on any atom is -0.480 e. The maximum atomic E-state index is 15.2. The smallest absolute Gasteiger partial charge is 0.399 e. The number of ketones is 1. The van der Waals surface area contributed by atoms with Crippen molar-refractivity contribution in [1.29, 1.82) is 0 Å². The number of nitrogens with zero attached hydrogens (tertiary/aromatic N) is 1. The second kappa shape index (κ2) is 11.1. The third kappa shape index (κ3) is 6.51. The molecule has 0 aliphatic rings. The predicted molar refractivity (Wildman–Crippen MR) is 153 cm³/mol. The number of rotatable bonds is 8. The molecular weight excluding hydrogens is 611 g/mol. The Balaban J connectivity index is 2.39. The Morgan fingerprint density at radius 3 is 2.13 bits per heavy atom. The van der Waals surface area contributed by atoms with Crippen molar-refractivity contribution in [1.82, 2.24) is 4.98 Å². The van der Waals surface area contributed by atoms with Gasteiger partial charge in [-0.25, -0.2) is 4.98 Å². The van der Waals surface area contributed by atoms with E-state index in [1.54, 1.807) is 29.6 Å². The molecule has 0 aliphatic heterocycles. The van der Waals surface area contributed by atoms with Gasteiger partial charge in [-0.3, -0.25) is 9.36 Å². The van der Waals surface area contributed by atoms with E-state index >= 15 is 8.78 Å². The van der Waals surface area contributed by atoms with Crippen molar-refractivity contribution in [2.75, 3.05) is 7.11 Å². The average molecular weight is 645 g/mol. The van der Waals surface area contributed by atoms with Crippen LogP contribution in [0.15, 0.2) is 46.3 Å². The Labute approximate surface area is 240 Å². The second-order valence-corrected chi connectivity index (χ2v) is 14.8. The number of alkyl halides is 2. The van der Waals surface area contributed by atoms with Gasteiger partial charge in [0.2, 0.25) is 5.88 Å². The molecule has 0 aliphatic carbocycles. The van der Waals surface area contributed by atoms with Gasteiger partial charge in [-0.15, -0.1) is 11.3 Å². The monoisotopic (exact) mass is 643 g/mol. The van der Waals surface area contributed by atoms with Crippen LogP contribution in [0.1, 0.15) is 85.1 Å². The van der Waals surface area contributed by atoms with E-state index in [1.807, 2.05) is 47.6 Å². The summed E-state index contributed by atoms with van der Waals surface area (Å²) in [6, 6.07) is 9.95. The lowest BCUT2D eigenvalue weighted by Gasteiger charge is -2.35. The molecule has 0 saturated carbocycles. The molecule has 1 aromatic heterocycles. The molecule has 0 radical (unpaired) electrons. The topological polar surface area (TPSA) is 96.7 Å². The van der Waals surface area contributed by atoms with Gasteiger partial charge in [0.05, 0.1) is 18.4 Å². The summed E-state index contributed by atoms with van der Waals surface area (Å²) < 4.78 is 47.6. The number of benzene rings is 2. The summed E-state index contributed by atoms with van der Waals surface area (Å²) in [5.74, 6) is -0.581. The number of Topliss-reactive ketones (excluding diaryl/α,β-unsaturated/α-hetero) is 1. The summed E-state index contributed by atoms with van der Waals surface area (Å²) in [7, 11) is -4.36. The maximum absolute atomic E-state index is 15.2. The third-order valence-corrected chi connectivity index (χ3v) is 9.14. The first-order chi connectivity index (χ1) is 17.8. The van der Waals surface area contributed by atoms with E-state index < -0.39 is 35.6 Å². The number of ether oxygens (including phenoxy) is 1. The van der Waals surface area contributed by atoms with Crippen LogP contribution in [0, 0.1) is 0 Å². The standard InChI is InChI=1S/C28H33BrF2NO5PS/c1-26(2,3)19-14-20(28(30,31)38(34,35)36)23(29)22(27(4,5)6)17(19)13-18(25-32-21(37-7)15-39-25)24(33)16-11-9-8-10-12-16/h8-12,14-15,18H,13H2,1-7H3,(H2,34,35,36). The molecule has 2 aromatic carbocycles. The summed E-state index contributed by atoms with van der Waals surface area (Å²) in [5.41, 5.74) is -4.61. The molecule has 0 amide bonds. The molecule has 1 atom stereocenters. The van der Waals surface area contributed by atoms with Gasteiger partial charge in [0.15, 0.2) is 5.78 Å². The number of methoxy groups -OCH3 is 1. The highest BCUT2D eigenvalue weighted by Gasteiger charge is 2.53. The molecule has 3 rings (SSSR count). The van der Waals surface area contributed by atoms with Crippen LogP contribution >= 0.6 is 34.9 Å². The minimum absolute atomic E-state index is 0.0889. The lowest BCUT2D eigenvalue weighted by molar-refractivity contribution is 0.0554. The van der Waals surface area contributed by atoms with Crippen LogP contribution in [0.5, 0.6) is 5.88 Å². The molecule has 0 fully saturated rings. The Hall–Kier alpha value is -1.97. The van der Waals surface area contributed by atoms with Crippen molar-refractivity contribution in [3.8, 4) is 5.88 Å². The molecule has 2 N–H and O–H groups in total. The van der Waals surface area contributed by atoms with Gasteiger partial charge in [-0.2, -0.15) is 8.78 Å². The quantitative estimate of drug-likeness (QED) is 0.191. The number of carbonyl (C=O) groups is 1. The highest BCUT2D eigenvalue weighted by Crippen LogP contribution is 2.62. The van der Waals surface area contributed by atoms with Crippen molar-refractivity contribution in [2.45, 2.75) is 70.4 Å². The van der Waals surface area contributed by atoms with Gasteiger partial charge in [0.25, 0.3) is 0 Å². The van der Waals surface area contributed by atoms with E-state index in [9.17, 15) is 19.1 Å². The largest absolute Gasteiger partial charge is 0.480 e. The van der Waals surface area contributed by atoms with Crippen LogP contribution in [0.2, 0.25) is 0 Å². The Morgan fingerprint density at radius 2 is 1.67 bits per heavy atom.